The molecule has 158 valence electrons. The number of halogens is 1. The van der Waals surface area contributed by atoms with Gasteiger partial charge in [-0.05, 0) is 37.0 Å². The van der Waals surface area contributed by atoms with Gasteiger partial charge in [-0.1, -0.05) is 19.9 Å². The average molecular weight is 404 g/mol. The van der Waals surface area contributed by atoms with Crippen LogP contribution in [0.5, 0.6) is 17.2 Å². The lowest BCUT2D eigenvalue weighted by molar-refractivity contribution is 0.251. The van der Waals surface area contributed by atoms with E-state index in [2.05, 4.69) is 24.5 Å². The van der Waals surface area contributed by atoms with Crippen molar-refractivity contribution in [2.24, 2.45) is 5.92 Å². The zero-order chi connectivity index (χ0) is 21.2. The molecule has 0 aliphatic carbocycles. The summed E-state index contributed by atoms with van der Waals surface area (Å²) in [5, 5.41) is 5.49. The monoisotopic (exact) mass is 404 g/mol. The molecule has 0 fully saturated rings. The Morgan fingerprint density at radius 2 is 1.79 bits per heavy atom. The second-order valence-corrected chi connectivity index (χ2v) is 7.01. The molecule has 0 spiro atoms. The summed E-state index contributed by atoms with van der Waals surface area (Å²) in [5.74, 6) is 1.80. The van der Waals surface area contributed by atoms with Crippen LogP contribution in [0.3, 0.4) is 0 Å². The van der Waals surface area contributed by atoms with E-state index in [1.165, 1.54) is 19.2 Å². The van der Waals surface area contributed by atoms with Crippen LogP contribution in [0.1, 0.15) is 32.3 Å². The van der Waals surface area contributed by atoms with Crippen molar-refractivity contribution in [1.29, 1.82) is 0 Å². The predicted octanol–water partition coefficient (Wildman–Crippen LogP) is 4.98. The van der Waals surface area contributed by atoms with Crippen molar-refractivity contribution in [2.45, 2.75) is 33.2 Å². The Morgan fingerprint density at radius 1 is 1.03 bits per heavy atom. The fourth-order valence-electron chi connectivity index (χ4n) is 2.76. The normalized spacial score (nSPS) is 10.6. The Labute approximate surface area is 171 Å². The molecule has 0 saturated carbocycles. The van der Waals surface area contributed by atoms with Gasteiger partial charge >= 0.3 is 6.03 Å². The Balaban J connectivity index is 1.94. The van der Waals surface area contributed by atoms with Gasteiger partial charge in [-0.15, -0.1) is 0 Å². The standard InChI is InChI=1S/C22H29FN2O4/c1-15(2)6-5-11-29-21-13-18(9-10-19(21)27-3)25-22(26)24-14-16-7-8-17(23)12-20(16)28-4/h7-10,12-13,15H,5-6,11,14H2,1-4H3,(H2,24,25,26). The maximum atomic E-state index is 13.3. The van der Waals surface area contributed by atoms with E-state index >= 15 is 0 Å². The number of nitrogens with one attached hydrogen (secondary N) is 2. The van der Waals surface area contributed by atoms with Crippen LogP contribution in [0.2, 0.25) is 0 Å². The first-order valence-corrected chi connectivity index (χ1v) is 9.61. The Bertz CT molecular complexity index is 811. The van der Waals surface area contributed by atoms with E-state index in [4.69, 9.17) is 14.2 Å². The lowest BCUT2D eigenvalue weighted by atomic mass is 10.1. The molecule has 7 heteroatoms. The summed E-state index contributed by atoms with van der Waals surface area (Å²) in [6.45, 7) is 5.12. The zero-order valence-electron chi connectivity index (χ0n) is 17.4. The van der Waals surface area contributed by atoms with E-state index in [9.17, 15) is 9.18 Å². The van der Waals surface area contributed by atoms with Crippen molar-refractivity contribution in [3.63, 3.8) is 0 Å². The topological polar surface area (TPSA) is 68.8 Å². The highest BCUT2D eigenvalue weighted by Crippen LogP contribution is 2.30. The predicted molar refractivity (Wildman–Crippen MR) is 111 cm³/mol. The molecule has 0 atom stereocenters. The number of carbonyl (C=O) groups is 1. The minimum absolute atomic E-state index is 0.198. The van der Waals surface area contributed by atoms with Crippen molar-refractivity contribution in [2.75, 3.05) is 26.1 Å². The Morgan fingerprint density at radius 3 is 2.48 bits per heavy atom. The molecule has 2 N–H and O–H groups in total. The fourth-order valence-corrected chi connectivity index (χ4v) is 2.76. The highest BCUT2D eigenvalue weighted by molar-refractivity contribution is 5.89. The molecule has 0 aliphatic heterocycles. The molecule has 0 bridgehead atoms. The summed E-state index contributed by atoms with van der Waals surface area (Å²) in [5.41, 5.74) is 1.25. The van der Waals surface area contributed by atoms with E-state index in [-0.39, 0.29) is 6.54 Å². The number of urea groups is 1. The molecule has 6 nitrogen and oxygen atoms in total. The number of anilines is 1. The molecule has 2 aromatic rings. The maximum absolute atomic E-state index is 13.3. The van der Waals surface area contributed by atoms with Gasteiger partial charge in [0.1, 0.15) is 11.6 Å². The molecule has 0 unspecified atom stereocenters. The molecular weight excluding hydrogens is 375 g/mol. The first-order valence-electron chi connectivity index (χ1n) is 9.61. The molecule has 2 rings (SSSR count). The van der Waals surface area contributed by atoms with Crippen LogP contribution in [0.15, 0.2) is 36.4 Å². The maximum Gasteiger partial charge on any atom is 0.319 e. The summed E-state index contributed by atoms with van der Waals surface area (Å²) in [4.78, 5) is 12.2. The molecule has 0 aromatic heterocycles. The average Bonchev–Trinajstić information content (AvgIpc) is 2.70. The quantitative estimate of drug-likeness (QED) is 0.548. The third kappa shape index (κ3) is 7.18. The largest absolute Gasteiger partial charge is 0.496 e. The minimum atomic E-state index is -0.396. The van der Waals surface area contributed by atoms with Gasteiger partial charge in [0.15, 0.2) is 11.5 Å². The number of hydrogen-bond acceptors (Lipinski definition) is 4. The summed E-state index contributed by atoms with van der Waals surface area (Å²) in [6.07, 6.45) is 2.02. The Kier molecular flexibility index (Phi) is 8.58. The van der Waals surface area contributed by atoms with Crippen LogP contribution in [-0.4, -0.2) is 26.9 Å². The van der Waals surface area contributed by atoms with E-state index in [1.807, 2.05) is 0 Å². The van der Waals surface area contributed by atoms with Gasteiger partial charge in [0.2, 0.25) is 0 Å². The van der Waals surface area contributed by atoms with Gasteiger partial charge in [0, 0.05) is 29.9 Å². The van der Waals surface area contributed by atoms with Crippen LogP contribution in [0.25, 0.3) is 0 Å². The van der Waals surface area contributed by atoms with Gasteiger partial charge < -0.3 is 24.8 Å². The van der Waals surface area contributed by atoms with E-state index in [0.717, 1.165) is 12.8 Å². The number of methoxy groups -OCH3 is 2. The van der Waals surface area contributed by atoms with E-state index in [0.29, 0.717) is 41.0 Å². The summed E-state index contributed by atoms with van der Waals surface area (Å²) in [6, 6.07) is 8.99. The smallest absolute Gasteiger partial charge is 0.319 e. The molecule has 29 heavy (non-hydrogen) atoms. The van der Waals surface area contributed by atoms with Crippen molar-refractivity contribution in [1.82, 2.24) is 5.32 Å². The second-order valence-electron chi connectivity index (χ2n) is 7.01. The number of carbonyl (C=O) groups excluding carboxylic acids is 1. The minimum Gasteiger partial charge on any atom is -0.496 e. The van der Waals surface area contributed by atoms with E-state index in [1.54, 1.807) is 31.4 Å². The third-order valence-corrected chi connectivity index (χ3v) is 4.29. The first-order chi connectivity index (χ1) is 13.9. The lowest BCUT2D eigenvalue weighted by Crippen LogP contribution is -2.28. The number of ether oxygens (including phenoxy) is 3. The molecule has 0 aliphatic rings. The van der Waals surface area contributed by atoms with Crippen molar-refractivity contribution >= 4 is 11.7 Å². The van der Waals surface area contributed by atoms with Crippen LogP contribution < -0.4 is 24.8 Å². The second kappa shape index (κ2) is 11.1. The third-order valence-electron chi connectivity index (χ3n) is 4.29. The van der Waals surface area contributed by atoms with Crippen LogP contribution in [-0.2, 0) is 6.54 Å². The number of hydrogen-bond donors (Lipinski definition) is 2. The summed E-state index contributed by atoms with van der Waals surface area (Å²) < 4.78 is 29.6. The van der Waals surface area contributed by atoms with Crippen molar-refractivity contribution < 1.29 is 23.4 Å². The lowest BCUT2D eigenvalue weighted by Gasteiger charge is -2.14. The van der Waals surface area contributed by atoms with Gasteiger partial charge in [-0.25, -0.2) is 9.18 Å². The van der Waals surface area contributed by atoms with Crippen molar-refractivity contribution in [3.05, 3.63) is 47.8 Å². The molecule has 2 amide bonds. The summed E-state index contributed by atoms with van der Waals surface area (Å²) in [7, 11) is 3.03. The first kappa shape index (κ1) is 22.3. The van der Waals surface area contributed by atoms with Gasteiger partial charge in [0.05, 0.1) is 20.8 Å². The highest BCUT2D eigenvalue weighted by Gasteiger charge is 2.10. The SMILES string of the molecule is COc1cc(F)ccc1CNC(=O)Nc1ccc(OC)c(OCCCC(C)C)c1. The molecular formula is C22H29FN2O4. The number of rotatable bonds is 10. The van der Waals surface area contributed by atoms with Crippen LogP contribution >= 0.6 is 0 Å². The van der Waals surface area contributed by atoms with Crippen molar-refractivity contribution in [3.8, 4) is 17.2 Å². The zero-order valence-corrected chi connectivity index (χ0v) is 17.4. The van der Waals surface area contributed by atoms with Gasteiger partial charge in [0.25, 0.3) is 0 Å². The number of benzene rings is 2. The van der Waals surface area contributed by atoms with Gasteiger partial charge in [-0.2, -0.15) is 0 Å². The molecule has 0 saturated heterocycles. The molecule has 0 heterocycles. The highest BCUT2D eigenvalue weighted by atomic mass is 19.1. The van der Waals surface area contributed by atoms with Crippen LogP contribution in [0, 0.1) is 11.7 Å². The molecule has 2 aromatic carbocycles. The van der Waals surface area contributed by atoms with E-state index < -0.39 is 11.8 Å². The number of amides is 2. The summed E-state index contributed by atoms with van der Waals surface area (Å²) >= 11 is 0. The van der Waals surface area contributed by atoms with Gasteiger partial charge in [-0.3, -0.25) is 0 Å². The Hall–Kier alpha value is -2.96. The fraction of sp³-hybridized carbons (Fsp3) is 0.409. The van der Waals surface area contributed by atoms with Crippen LogP contribution in [0.4, 0.5) is 14.9 Å². The molecule has 0 radical (unpaired) electrons.